The van der Waals surface area contributed by atoms with Gasteiger partial charge in [0.25, 0.3) is 0 Å². The van der Waals surface area contributed by atoms with Crippen molar-refractivity contribution in [2.24, 2.45) is 0 Å². The highest BCUT2D eigenvalue weighted by molar-refractivity contribution is 5.79. The minimum atomic E-state index is -0.436. The van der Waals surface area contributed by atoms with Crippen LogP contribution in [0.15, 0.2) is 72.8 Å². The molecule has 0 aromatic heterocycles. The highest BCUT2D eigenvalue weighted by atomic mass is 16.5. The van der Waals surface area contributed by atoms with E-state index in [-0.39, 0.29) is 5.92 Å². The maximum Gasteiger partial charge on any atom is 0.407 e. The van der Waals surface area contributed by atoms with Crippen molar-refractivity contribution >= 4 is 18.5 Å². The molecule has 0 fully saturated rings. The third-order valence-corrected chi connectivity index (χ3v) is 5.44. The number of hydrogen-bond donors (Lipinski definition) is 1. The molecule has 4 rings (SSSR count). The zero-order valence-corrected chi connectivity index (χ0v) is 16.8. The number of carbonyl (C=O) groups excluding carboxylic acids is 2. The Hall–Kier alpha value is -3.66. The summed E-state index contributed by atoms with van der Waals surface area (Å²) in [5.41, 5.74) is 7.40. The number of fused-ring (bicyclic) bond motifs is 3. The first kappa shape index (κ1) is 19.6. The van der Waals surface area contributed by atoms with Gasteiger partial charge in [-0.25, -0.2) is 4.79 Å². The summed E-state index contributed by atoms with van der Waals surface area (Å²) < 4.78 is 5.52. The van der Waals surface area contributed by atoms with E-state index in [1.54, 1.807) is 6.07 Å². The fraction of sp³-hybridized carbons (Fsp3) is 0.154. The van der Waals surface area contributed by atoms with E-state index in [4.69, 9.17) is 4.74 Å². The third kappa shape index (κ3) is 4.03. The Kier molecular flexibility index (Phi) is 5.75. The monoisotopic (exact) mass is 397 g/mol. The van der Waals surface area contributed by atoms with Crippen LogP contribution in [-0.2, 0) is 4.74 Å². The van der Waals surface area contributed by atoms with Gasteiger partial charge in [0.05, 0.1) is 0 Å². The van der Waals surface area contributed by atoms with Gasteiger partial charge in [0.2, 0.25) is 0 Å². The fourth-order valence-corrected chi connectivity index (χ4v) is 3.92. The Morgan fingerprint density at radius 3 is 2.30 bits per heavy atom. The van der Waals surface area contributed by atoms with Gasteiger partial charge in [-0.1, -0.05) is 78.9 Å². The van der Waals surface area contributed by atoms with E-state index in [2.05, 4.69) is 29.6 Å². The Bertz CT molecular complexity index is 1070. The predicted octanol–water partition coefficient (Wildman–Crippen LogP) is 5.36. The van der Waals surface area contributed by atoms with E-state index >= 15 is 0 Å². The highest BCUT2D eigenvalue weighted by Gasteiger charge is 2.28. The molecule has 0 spiro atoms. The molecule has 1 N–H and O–H groups in total. The van der Waals surface area contributed by atoms with Crippen LogP contribution in [0.25, 0.3) is 17.2 Å². The molecule has 150 valence electrons. The van der Waals surface area contributed by atoms with Crippen LogP contribution in [0.5, 0.6) is 0 Å². The standard InChI is InChI=1S/C26H23NO3/c1-18-15-19(12-13-20(18)16-28)7-6-14-27-26(29)30-17-25-23-10-4-2-8-21(23)22-9-3-5-11-24(22)25/h2-13,15-16,25H,14,17H2,1H3,(H,27,29). The maximum atomic E-state index is 12.2. The topological polar surface area (TPSA) is 55.4 Å². The summed E-state index contributed by atoms with van der Waals surface area (Å²) in [5.74, 6) is 0.0537. The molecule has 0 saturated heterocycles. The Labute approximate surface area is 176 Å². The molecule has 0 saturated carbocycles. The average Bonchev–Trinajstić information content (AvgIpc) is 3.09. The first-order valence-electron chi connectivity index (χ1n) is 9.98. The van der Waals surface area contributed by atoms with Crippen molar-refractivity contribution in [3.8, 4) is 11.1 Å². The van der Waals surface area contributed by atoms with Gasteiger partial charge < -0.3 is 10.1 Å². The zero-order chi connectivity index (χ0) is 20.9. The highest BCUT2D eigenvalue weighted by Crippen LogP contribution is 2.44. The van der Waals surface area contributed by atoms with Gasteiger partial charge in [-0.05, 0) is 40.3 Å². The van der Waals surface area contributed by atoms with Crippen LogP contribution < -0.4 is 5.32 Å². The van der Waals surface area contributed by atoms with E-state index < -0.39 is 6.09 Å². The van der Waals surface area contributed by atoms with Gasteiger partial charge >= 0.3 is 6.09 Å². The minimum absolute atomic E-state index is 0.0537. The number of rotatable bonds is 6. The smallest absolute Gasteiger partial charge is 0.407 e. The predicted molar refractivity (Wildman–Crippen MR) is 119 cm³/mol. The number of carbonyl (C=O) groups is 2. The van der Waals surface area contributed by atoms with Crippen molar-refractivity contribution in [2.75, 3.05) is 13.2 Å². The second-order valence-electron chi connectivity index (χ2n) is 7.34. The lowest BCUT2D eigenvalue weighted by Gasteiger charge is -2.14. The number of nitrogens with one attached hydrogen (secondary N) is 1. The zero-order valence-electron chi connectivity index (χ0n) is 16.8. The molecule has 0 bridgehead atoms. The second-order valence-corrected chi connectivity index (χ2v) is 7.34. The number of amides is 1. The van der Waals surface area contributed by atoms with Crippen LogP contribution in [0.4, 0.5) is 4.79 Å². The summed E-state index contributed by atoms with van der Waals surface area (Å²) in [7, 11) is 0. The summed E-state index contributed by atoms with van der Waals surface area (Å²) in [4.78, 5) is 23.1. The van der Waals surface area contributed by atoms with Crippen molar-refractivity contribution in [3.63, 3.8) is 0 Å². The lowest BCUT2D eigenvalue weighted by atomic mass is 9.98. The van der Waals surface area contributed by atoms with Crippen molar-refractivity contribution in [1.82, 2.24) is 5.32 Å². The SMILES string of the molecule is Cc1cc(C=CCNC(=O)OCC2c3ccccc3-c3ccccc32)ccc1C=O. The molecule has 0 radical (unpaired) electrons. The number of aldehydes is 1. The fourth-order valence-electron chi connectivity index (χ4n) is 3.92. The first-order valence-corrected chi connectivity index (χ1v) is 9.98. The summed E-state index contributed by atoms with van der Waals surface area (Å²) in [5, 5.41) is 2.76. The maximum absolute atomic E-state index is 12.2. The summed E-state index contributed by atoms with van der Waals surface area (Å²) in [6.45, 7) is 2.57. The van der Waals surface area contributed by atoms with Crippen LogP contribution in [0.2, 0.25) is 0 Å². The molecule has 0 atom stereocenters. The molecule has 1 aliphatic rings. The van der Waals surface area contributed by atoms with Crippen molar-refractivity contribution in [2.45, 2.75) is 12.8 Å². The van der Waals surface area contributed by atoms with Gasteiger partial charge in [-0.2, -0.15) is 0 Å². The van der Waals surface area contributed by atoms with Crippen molar-refractivity contribution in [3.05, 3.63) is 101 Å². The normalized spacial score (nSPS) is 12.4. The Morgan fingerprint density at radius 2 is 1.67 bits per heavy atom. The molecule has 4 heteroatoms. The van der Waals surface area contributed by atoms with Crippen LogP contribution >= 0.6 is 0 Å². The van der Waals surface area contributed by atoms with Gasteiger partial charge in [-0.3, -0.25) is 4.79 Å². The van der Waals surface area contributed by atoms with Crippen LogP contribution in [0.3, 0.4) is 0 Å². The van der Waals surface area contributed by atoms with Crippen LogP contribution in [0, 0.1) is 6.92 Å². The first-order chi connectivity index (χ1) is 14.7. The molecule has 3 aromatic rings. The molecular weight excluding hydrogens is 374 g/mol. The summed E-state index contributed by atoms with van der Waals surface area (Å²) in [6, 6.07) is 22.1. The van der Waals surface area contributed by atoms with Gasteiger partial charge in [0.15, 0.2) is 0 Å². The Balaban J connectivity index is 1.32. The minimum Gasteiger partial charge on any atom is -0.449 e. The Morgan fingerprint density at radius 1 is 1.00 bits per heavy atom. The van der Waals surface area contributed by atoms with Crippen LogP contribution in [0.1, 0.15) is 38.5 Å². The third-order valence-electron chi connectivity index (χ3n) is 5.44. The molecule has 1 aliphatic carbocycles. The number of benzene rings is 3. The lowest BCUT2D eigenvalue weighted by molar-refractivity contribution is 0.112. The summed E-state index contributed by atoms with van der Waals surface area (Å²) >= 11 is 0. The number of hydrogen-bond acceptors (Lipinski definition) is 3. The molecular formula is C26H23NO3. The van der Waals surface area contributed by atoms with E-state index in [1.165, 1.54) is 22.3 Å². The molecule has 0 aliphatic heterocycles. The molecule has 3 aromatic carbocycles. The molecule has 30 heavy (non-hydrogen) atoms. The quantitative estimate of drug-likeness (QED) is 0.570. The number of aryl methyl sites for hydroxylation is 1. The van der Waals surface area contributed by atoms with Gasteiger partial charge in [0.1, 0.15) is 12.9 Å². The van der Waals surface area contributed by atoms with E-state index in [1.807, 2.05) is 55.5 Å². The van der Waals surface area contributed by atoms with Gasteiger partial charge in [-0.15, -0.1) is 0 Å². The lowest BCUT2D eigenvalue weighted by Crippen LogP contribution is -2.26. The molecule has 0 heterocycles. The molecule has 0 unspecified atom stereocenters. The van der Waals surface area contributed by atoms with Crippen LogP contribution in [-0.4, -0.2) is 25.5 Å². The van der Waals surface area contributed by atoms with Gasteiger partial charge in [0, 0.05) is 18.0 Å². The second kappa shape index (κ2) is 8.78. The van der Waals surface area contributed by atoms with Crippen molar-refractivity contribution in [1.29, 1.82) is 0 Å². The number of ether oxygens (including phenoxy) is 1. The molecule has 4 nitrogen and oxygen atoms in total. The van der Waals surface area contributed by atoms with E-state index in [9.17, 15) is 9.59 Å². The van der Waals surface area contributed by atoms with E-state index in [0.29, 0.717) is 18.7 Å². The van der Waals surface area contributed by atoms with E-state index in [0.717, 1.165) is 17.4 Å². The number of alkyl carbamates (subject to hydrolysis) is 1. The largest absolute Gasteiger partial charge is 0.449 e. The average molecular weight is 397 g/mol. The van der Waals surface area contributed by atoms with Crippen molar-refractivity contribution < 1.29 is 14.3 Å². The summed E-state index contributed by atoms with van der Waals surface area (Å²) in [6.07, 6.45) is 4.18. The molecule has 1 amide bonds.